The van der Waals surface area contributed by atoms with Crippen LogP contribution in [-0.2, 0) is 32.1 Å². The number of piperazine rings is 1. The van der Waals surface area contributed by atoms with Gasteiger partial charge in [0.05, 0.1) is 6.42 Å². The van der Waals surface area contributed by atoms with E-state index in [4.69, 9.17) is 4.74 Å². The zero-order chi connectivity index (χ0) is 27.5. The molecule has 2 aliphatic rings. The van der Waals surface area contributed by atoms with Crippen molar-refractivity contribution in [2.45, 2.75) is 82.9 Å². The van der Waals surface area contributed by atoms with Gasteiger partial charge in [-0.25, -0.2) is 0 Å². The minimum Gasteiger partial charge on any atom is -0.461 e. The highest BCUT2D eigenvalue weighted by atomic mass is 16.5. The zero-order valence-electron chi connectivity index (χ0n) is 23.3. The summed E-state index contributed by atoms with van der Waals surface area (Å²) >= 11 is 0. The summed E-state index contributed by atoms with van der Waals surface area (Å²) in [5.41, 5.74) is 1.47. The Morgan fingerprint density at radius 3 is 2.21 bits per heavy atom. The molecule has 2 amide bonds. The lowest BCUT2D eigenvalue weighted by atomic mass is 9.81. The number of likely N-dealkylation sites (tertiary alicyclic amines) is 1. The monoisotopic (exact) mass is 533 g/mol. The summed E-state index contributed by atoms with van der Waals surface area (Å²) in [5, 5.41) is 2.89. The van der Waals surface area contributed by atoms with E-state index in [1.807, 2.05) is 37.3 Å². The van der Waals surface area contributed by atoms with Crippen LogP contribution in [0.25, 0.3) is 0 Å². The minimum absolute atomic E-state index is 0.128. The molecular formula is C32H43N3O4. The third kappa shape index (κ3) is 7.69. The summed E-state index contributed by atoms with van der Waals surface area (Å²) in [7, 11) is 0. The smallest absolute Gasteiger partial charge is 0.308 e. The second-order valence-corrected chi connectivity index (χ2v) is 10.9. The highest BCUT2D eigenvalue weighted by molar-refractivity contribution is 6.01. The maximum Gasteiger partial charge on any atom is 0.308 e. The SMILES string of the molecule is CCCN1C(=O)[C@H](CC(=O)OCc2ccccc2)NC(=O)C12CCN(CCCCCCc1ccccc1)CC2. The van der Waals surface area contributed by atoms with Crippen molar-refractivity contribution >= 4 is 17.8 Å². The Kier molecular flexibility index (Phi) is 10.5. The quantitative estimate of drug-likeness (QED) is 0.303. The van der Waals surface area contributed by atoms with E-state index in [-0.39, 0.29) is 24.8 Å². The Labute approximate surface area is 232 Å². The van der Waals surface area contributed by atoms with Crippen LogP contribution in [0.5, 0.6) is 0 Å². The fourth-order valence-electron chi connectivity index (χ4n) is 5.83. The molecule has 2 aromatic rings. The third-order valence-corrected chi connectivity index (χ3v) is 8.09. The van der Waals surface area contributed by atoms with E-state index in [1.165, 1.54) is 24.8 Å². The standard InChI is InChI=1S/C32H43N3O4/c1-2-20-35-30(37)28(24-29(36)39-25-27-16-10-6-11-17-27)33-31(38)32(35)18-22-34(23-19-32)21-12-4-3-7-13-26-14-8-5-9-15-26/h5-6,8-11,14-17,28H,2-4,7,12-13,18-25H2,1H3,(H,33,38)/t28-/m0/s1. The largest absolute Gasteiger partial charge is 0.461 e. The van der Waals surface area contributed by atoms with Crippen molar-refractivity contribution in [1.29, 1.82) is 0 Å². The first-order valence-electron chi connectivity index (χ1n) is 14.6. The average molecular weight is 534 g/mol. The van der Waals surface area contributed by atoms with E-state index in [1.54, 1.807) is 4.90 Å². The van der Waals surface area contributed by atoms with Crippen molar-refractivity contribution in [2.75, 3.05) is 26.2 Å². The first-order chi connectivity index (χ1) is 19.0. The zero-order valence-corrected chi connectivity index (χ0v) is 23.3. The Bertz CT molecular complexity index is 1070. The number of carbonyl (C=O) groups excluding carboxylic acids is 3. The maximum absolute atomic E-state index is 13.5. The number of esters is 1. The molecule has 0 bridgehead atoms. The molecular weight excluding hydrogens is 490 g/mol. The van der Waals surface area contributed by atoms with Crippen molar-refractivity contribution in [3.63, 3.8) is 0 Å². The predicted octanol–water partition coefficient (Wildman–Crippen LogP) is 4.49. The fourth-order valence-corrected chi connectivity index (χ4v) is 5.83. The Morgan fingerprint density at radius 1 is 0.897 bits per heavy atom. The topological polar surface area (TPSA) is 79.0 Å². The van der Waals surface area contributed by atoms with Crippen LogP contribution < -0.4 is 5.32 Å². The molecule has 7 heteroatoms. The van der Waals surface area contributed by atoms with Crippen molar-refractivity contribution in [3.05, 3.63) is 71.8 Å². The van der Waals surface area contributed by atoms with Crippen LogP contribution in [0.3, 0.4) is 0 Å². The number of carbonyl (C=O) groups is 3. The Balaban J connectivity index is 1.23. The molecule has 0 saturated carbocycles. The third-order valence-electron chi connectivity index (χ3n) is 8.09. The maximum atomic E-state index is 13.5. The van der Waals surface area contributed by atoms with Crippen LogP contribution in [-0.4, -0.2) is 65.3 Å². The van der Waals surface area contributed by atoms with Crippen LogP contribution in [0.15, 0.2) is 60.7 Å². The van der Waals surface area contributed by atoms with Gasteiger partial charge < -0.3 is 19.9 Å². The van der Waals surface area contributed by atoms with E-state index >= 15 is 0 Å². The van der Waals surface area contributed by atoms with Gasteiger partial charge in [-0.15, -0.1) is 0 Å². The van der Waals surface area contributed by atoms with Gasteiger partial charge in [0.25, 0.3) is 0 Å². The number of ether oxygens (including phenoxy) is 1. The second-order valence-electron chi connectivity index (χ2n) is 10.9. The minimum atomic E-state index is -0.869. The molecule has 0 radical (unpaired) electrons. The molecule has 2 fully saturated rings. The van der Waals surface area contributed by atoms with E-state index in [0.29, 0.717) is 19.4 Å². The highest BCUT2D eigenvalue weighted by Gasteiger charge is 2.53. The van der Waals surface area contributed by atoms with Gasteiger partial charge in [0.1, 0.15) is 18.2 Å². The Morgan fingerprint density at radius 2 is 1.54 bits per heavy atom. The highest BCUT2D eigenvalue weighted by Crippen LogP contribution is 2.34. The summed E-state index contributed by atoms with van der Waals surface area (Å²) in [6.45, 7) is 5.32. The number of rotatable bonds is 13. The molecule has 4 rings (SSSR count). The number of hydrogen-bond donors (Lipinski definition) is 1. The predicted molar refractivity (Wildman–Crippen MR) is 152 cm³/mol. The molecule has 0 aromatic heterocycles. The lowest BCUT2D eigenvalue weighted by Gasteiger charge is -2.51. The van der Waals surface area contributed by atoms with Crippen molar-refractivity contribution in [1.82, 2.24) is 15.1 Å². The van der Waals surface area contributed by atoms with Crippen LogP contribution in [0, 0.1) is 0 Å². The molecule has 2 saturated heterocycles. The van der Waals surface area contributed by atoms with Gasteiger partial charge in [-0.3, -0.25) is 14.4 Å². The lowest BCUT2D eigenvalue weighted by molar-refractivity contribution is -0.163. The number of hydrogen-bond acceptors (Lipinski definition) is 5. The van der Waals surface area contributed by atoms with Gasteiger partial charge in [0.15, 0.2) is 0 Å². The van der Waals surface area contributed by atoms with E-state index in [0.717, 1.165) is 44.5 Å². The molecule has 1 N–H and O–H groups in total. The first kappa shape index (κ1) is 28.8. The van der Waals surface area contributed by atoms with Crippen molar-refractivity contribution in [2.24, 2.45) is 0 Å². The summed E-state index contributed by atoms with van der Waals surface area (Å²) < 4.78 is 5.38. The molecule has 1 atom stereocenters. The number of aryl methyl sites for hydroxylation is 1. The van der Waals surface area contributed by atoms with E-state index < -0.39 is 17.6 Å². The van der Waals surface area contributed by atoms with Gasteiger partial charge >= 0.3 is 5.97 Å². The van der Waals surface area contributed by atoms with Crippen LogP contribution >= 0.6 is 0 Å². The first-order valence-corrected chi connectivity index (χ1v) is 14.6. The van der Waals surface area contributed by atoms with Crippen molar-refractivity contribution in [3.8, 4) is 0 Å². The number of unbranched alkanes of at least 4 members (excludes halogenated alkanes) is 3. The van der Waals surface area contributed by atoms with Gasteiger partial charge in [-0.1, -0.05) is 80.4 Å². The molecule has 0 aliphatic carbocycles. The molecule has 1 spiro atoms. The summed E-state index contributed by atoms with van der Waals surface area (Å²) in [6.07, 6.45) is 7.80. The fraction of sp³-hybridized carbons (Fsp3) is 0.531. The molecule has 39 heavy (non-hydrogen) atoms. The van der Waals surface area contributed by atoms with Crippen molar-refractivity contribution < 1.29 is 19.1 Å². The lowest BCUT2D eigenvalue weighted by Crippen LogP contribution is -2.73. The van der Waals surface area contributed by atoms with Crippen LogP contribution in [0.4, 0.5) is 0 Å². The average Bonchev–Trinajstić information content (AvgIpc) is 2.97. The molecule has 7 nitrogen and oxygen atoms in total. The molecule has 0 unspecified atom stereocenters. The number of nitrogens with zero attached hydrogens (tertiary/aromatic N) is 2. The second kappa shape index (κ2) is 14.3. The number of benzene rings is 2. The van der Waals surface area contributed by atoms with Gasteiger partial charge in [0, 0.05) is 19.6 Å². The van der Waals surface area contributed by atoms with Crippen LogP contribution in [0.1, 0.15) is 69.4 Å². The van der Waals surface area contributed by atoms with E-state index in [2.05, 4.69) is 40.5 Å². The molecule has 2 aliphatic heterocycles. The Hall–Kier alpha value is -3.19. The number of piperidine rings is 1. The van der Waals surface area contributed by atoms with Crippen LogP contribution in [0.2, 0.25) is 0 Å². The summed E-state index contributed by atoms with van der Waals surface area (Å²) in [5.74, 6) is -0.777. The number of amides is 2. The van der Waals surface area contributed by atoms with Gasteiger partial charge in [-0.2, -0.15) is 0 Å². The normalized spacial score (nSPS) is 19.2. The van der Waals surface area contributed by atoms with Gasteiger partial charge in [0.2, 0.25) is 11.8 Å². The summed E-state index contributed by atoms with van der Waals surface area (Å²) in [6, 6.07) is 19.2. The molecule has 2 aromatic carbocycles. The van der Waals surface area contributed by atoms with E-state index in [9.17, 15) is 14.4 Å². The molecule has 210 valence electrons. The molecule has 2 heterocycles. The van der Waals surface area contributed by atoms with Gasteiger partial charge in [-0.05, 0) is 56.2 Å². The number of nitrogens with one attached hydrogen (secondary N) is 1. The summed E-state index contributed by atoms with van der Waals surface area (Å²) in [4.78, 5) is 43.6.